The Hall–Kier alpha value is -0.320. The third-order valence-electron chi connectivity index (χ3n) is 1.02. The number of aryl methyl sites for hydroxylation is 1. The molecule has 1 aromatic heterocycles. The van der Waals surface area contributed by atoms with Gasteiger partial charge in [-0.15, -0.1) is 0 Å². The molecule has 0 aromatic carbocycles. The SMILES string of the molecule is Cc1nc(N)nc(C(Cl)(Cl)Cl)n1. The topological polar surface area (TPSA) is 64.7 Å². The highest BCUT2D eigenvalue weighted by atomic mass is 35.6. The summed E-state index contributed by atoms with van der Waals surface area (Å²) < 4.78 is -1.65. The second-order valence-electron chi connectivity index (χ2n) is 2.06. The minimum absolute atomic E-state index is 0.0394. The fourth-order valence-corrected chi connectivity index (χ4v) is 0.883. The van der Waals surface area contributed by atoms with Crippen molar-refractivity contribution in [2.45, 2.75) is 10.7 Å². The van der Waals surface area contributed by atoms with Crippen LogP contribution in [0.3, 0.4) is 0 Å². The molecule has 0 atom stereocenters. The Kier molecular flexibility index (Phi) is 2.61. The van der Waals surface area contributed by atoms with Crippen molar-refractivity contribution in [3.8, 4) is 0 Å². The number of rotatable bonds is 0. The van der Waals surface area contributed by atoms with Crippen molar-refractivity contribution in [3.05, 3.63) is 11.6 Å². The van der Waals surface area contributed by atoms with E-state index in [-0.39, 0.29) is 11.8 Å². The highest BCUT2D eigenvalue weighted by Crippen LogP contribution is 2.35. The Labute approximate surface area is 84.1 Å². The van der Waals surface area contributed by atoms with E-state index in [9.17, 15) is 0 Å². The highest BCUT2D eigenvalue weighted by molar-refractivity contribution is 6.66. The fraction of sp³-hybridized carbons (Fsp3) is 0.400. The molecule has 0 aliphatic carbocycles. The third kappa shape index (κ3) is 2.33. The van der Waals surface area contributed by atoms with Crippen molar-refractivity contribution < 1.29 is 0 Å². The van der Waals surface area contributed by atoms with Crippen LogP contribution in [0.4, 0.5) is 5.95 Å². The summed E-state index contributed by atoms with van der Waals surface area (Å²) >= 11 is 16.6. The summed E-state index contributed by atoms with van der Waals surface area (Å²) in [6.45, 7) is 1.64. The van der Waals surface area contributed by atoms with E-state index in [1.807, 2.05) is 0 Å². The monoisotopic (exact) mass is 226 g/mol. The molecule has 0 saturated carbocycles. The Morgan fingerprint density at radius 2 is 1.75 bits per heavy atom. The van der Waals surface area contributed by atoms with Gasteiger partial charge in [0.1, 0.15) is 5.82 Å². The highest BCUT2D eigenvalue weighted by Gasteiger charge is 2.27. The number of alkyl halides is 3. The van der Waals surface area contributed by atoms with Crippen molar-refractivity contribution in [1.82, 2.24) is 15.0 Å². The smallest absolute Gasteiger partial charge is 0.250 e. The molecule has 0 saturated heterocycles. The lowest BCUT2D eigenvalue weighted by molar-refractivity contribution is 0.888. The van der Waals surface area contributed by atoms with Crippen LogP contribution in [-0.2, 0) is 3.79 Å². The maximum atomic E-state index is 5.53. The third-order valence-corrected chi connectivity index (χ3v) is 1.53. The lowest BCUT2D eigenvalue weighted by Crippen LogP contribution is -2.11. The van der Waals surface area contributed by atoms with Crippen molar-refractivity contribution in [2.24, 2.45) is 0 Å². The first-order valence-electron chi connectivity index (χ1n) is 2.95. The molecule has 0 bridgehead atoms. The number of nitrogens with zero attached hydrogens (tertiary/aromatic N) is 3. The Morgan fingerprint density at radius 1 is 1.17 bits per heavy atom. The van der Waals surface area contributed by atoms with Crippen LogP contribution < -0.4 is 5.73 Å². The minimum Gasteiger partial charge on any atom is -0.368 e. The summed E-state index contributed by atoms with van der Waals surface area (Å²) in [5, 5.41) is 0. The Balaban J connectivity index is 3.18. The van der Waals surface area contributed by atoms with Crippen LogP contribution in [0.15, 0.2) is 0 Å². The van der Waals surface area contributed by atoms with Gasteiger partial charge in [0, 0.05) is 0 Å². The van der Waals surface area contributed by atoms with Crippen molar-refractivity contribution in [1.29, 1.82) is 0 Å². The van der Waals surface area contributed by atoms with E-state index >= 15 is 0 Å². The molecule has 1 heterocycles. The van der Waals surface area contributed by atoms with Gasteiger partial charge in [-0.2, -0.15) is 9.97 Å². The zero-order chi connectivity index (χ0) is 9.35. The molecular formula is C5H5Cl3N4. The van der Waals surface area contributed by atoms with Crippen LogP contribution in [0.2, 0.25) is 0 Å². The van der Waals surface area contributed by atoms with Crippen molar-refractivity contribution in [3.63, 3.8) is 0 Å². The van der Waals surface area contributed by atoms with E-state index in [1.165, 1.54) is 0 Å². The van der Waals surface area contributed by atoms with Crippen LogP contribution in [0.5, 0.6) is 0 Å². The number of halogens is 3. The number of nitrogens with two attached hydrogens (primary N) is 1. The molecule has 1 rings (SSSR count). The molecule has 12 heavy (non-hydrogen) atoms. The molecule has 0 radical (unpaired) electrons. The van der Waals surface area contributed by atoms with Crippen LogP contribution in [0.1, 0.15) is 11.6 Å². The summed E-state index contributed by atoms with van der Waals surface area (Å²) in [5.41, 5.74) is 5.32. The summed E-state index contributed by atoms with van der Waals surface area (Å²) in [5.74, 6) is 0.505. The molecule has 0 fully saturated rings. The molecule has 2 N–H and O–H groups in total. The van der Waals surface area contributed by atoms with Gasteiger partial charge >= 0.3 is 0 Å². The predicted octanol–water partition coefficient (Wildman–Crippen LogP) is 1.59. The van der Waals surface area contributed by atoms with Gasteiger partial charge < -0.3 is 5.73 Å². The van der Waals surface area contributed by atoms with E-state index in [1.54, 1.807) is 6.92 Å². The molecule has 4 nitrogen and oxygen atoms in total. The van der Waals surface area contributed by atoms with Gasteiger partial charge in [0.2, 0.25) is 9.74 Å². The maximum Gasteiger partial charge on any atom is 0.250 e. The van der Waals surface area contributed by atoms with Crippen LogP contribution in [-0.4, -0.2) is 15.0 Å². The van der Waals surface area contributed by atoms with Crippen LogP contribution >= 0.6 is 34.8 Å². The van der Waals surface area contributed by atoms with E-state index in [0.717, 1.165) is 0 Å². The van der Waals surface area contributed by atoms with Crippen LogP contribution in [0, 0.1) is 6.92 Å². The quantitative estimate of drug-likeness (QED) is 0.684. The number of anilines is 1. The molecule has 7 heteroatoms. The van der Waals surface area contributed by atoms with E-state index in [2.05, 4.69) is 15.0 Å². The first kappa shape index (κ1) is 9.77. The number of hydrogen-bond acceptors (Lipinski definition) is 4. The lowest BCUT2D eigenvalue weighted by Gasteiger charge is -2.08. The molecule has 0 aliphatic rings. The molecule has 0 aliphatic heterocycles. The zero-order valence-electron chi connectivity index (χ0n) is 6.05. The second-order valence-corrected chi connectivity index (χ2v) is 4.34. The van der Waals surface area contributed by atoms with E-state index in [0.29, 0.717) is 5.82 Å². The Bertz CT molecular complexity index is 275. The van der Waals surface area contributed by atoms with Gasteiger partial charge in [-0.05, 0) is 6.92 Å². The lowest BCUT2D eigenvalue weighted by atomic mass is 10.6. The molecule has 0 amide bonds. The van der Waals surface area contributed by atoms with Gasteiger partial charge in [0.25, 0.3) is 0 Å². The predicted molar refractivity (Wildman–Crippen MR) is 48.2 cm³/mol. The standard InChI is InChI=1S/C5H5Cl3N4/c1-2-10-3(5(6,7)8)12-4(9)11-2/h1H3,(H2,9,10,11,12). The normalized spacial score (nSPS) is 11.7. The first-order chi connectivity index (χ1) is 5.39. The van der Waals surface area contributed by atoms with E-state index in [4.69, 9.17) is 40.5 Å². The number of hydrogen-bond donors (Lipinski definition) is 1. The largest absolute Gasteiger partial charge is 0.368 e. The van der Waals surface area contributed by atoms with Gasteiger partial charge in [-0.3, -0.25) is 0 Å². The molecule has 0 unspecified atom stereocenters. The number of nitrogen functional groups attached to an aromatic ring is 1. The summed E-state index contributed by atoms with van der Waals surface area (Å²) in [6.07, 6.45) is 0. The van der Waals surface area contributed by atoms with Crippen molar-refractivity contribution in [2.75, 3.05) is 5.73 Å². The zero-order valence-corrected chi connectivity index (χ0v) is 8.32. The summed E-state index contributed by atoms with van der Waals surface area (Å²) in [7, 11) is 0. The maximum absolute atomic E-state index is 5.53. The Morgan fingerprint density at radius 3 is 2.17 bits per heavy atom. The van der Waals surface area contributed by atoms with Gasteiger partial charge in [0.05, 0.1) is 0 Å². The van der Waals surface area contributed by atoms with Gasteiger partial charge in [-0.1, -0.05) is 34.8 Å². The molecule has 1 aromatic rings. The first-order valence-corrected chi connectivity index (χ1v) is 4.08. The minimum atomic E-state index is -1.65. The van der Waals surface area contributed by atoms with E-state index < -0.39 is 3.79 Å². The van der Waals surface area contributed by atoms with Gasteiger partial charge in [0.15, 0.2) is 5.82 Å². The average Bonchev–Trinajstić information content (AvgIpc) is 1.82. The summed E-state index contributed by atoms with van der Waals surface area (Å²) in [4.78, 5) is 11.2. The number of aromatic nitrogens is 3. The van der Waals surface area contributed by atoms with Crippen LogP contribution in [0.25, 0.3) is 0 Å². The fourth-order valence-electron chi connectivity index (χ4n) is 0.629. The average molecular weight is 227 g/mol. The van der Waals surface area contributed by atoms with Gasteiger partial charge in [-0.25, -0.2) is 4.98 Å². The molecule has 0 spiro atoms. The second kappa shape index (κ2) is 3.20. The van der Waals surface area contributed by atoms with Crippen molar-refractivity contribution >= 4 is 40.8 Å². The molecule has 66 valence electrons. The summed E-state index contributed by atoms with van der Waals surface area (Å²) in [6, 6.07) is 0. The molecular weight excluding hydrogens is 222 g/mol.